The molecule has 1 heterocycles. The number of rotatable bonds is 2. The summed E-state index contributed by atoms with van der Waals surface area (Å²) < 4.78 is 0. The number of nitrogens with one attached hydrogen (secondary N) is 1. The highest BCUT2D eigenvalue weighted by Crippen LogP contribution is 2.10. The van der Waals surface area contributed by atoms with E-state index < -0.39 is 5.97 Å². The van der Waals surface area contributed by atoms with Crippen LogP contribution < -0.4 is 0 Å². The summed E-state index contributed by atoms with van der Waals surface area (Å²) in [6.45, 7) is 3.67. The molecule has 0 saturated heterocycles. The molecule has 4 heteroatoms. The molecule has 0 bridgehead atoms. The molecule has 0 atom stereocenters. The smallest absolute Gasteiger partial charge is 0.328 e. The molecule has 0 amide bonds. The van der Waals surface area contributed by atoms with Crippen molar-refractivity contribution in [2.24, 2.45) is 0 Å². The number of hydrogen-bond acceptors (Lipinski definition) is 2. The van der Waals surface area contributed by atoms with Crippen molar-refractivity contribution in [1.29, 1.82) is 0 Å². The molecule has 1 aromatic rings. The molecule has 1 aromatic heterocycles. The Morgan fingerprint density at radius 2 is 2.25 bits per heavy atom. The average molecular weight is 166 g/mol. The van der Waals surface area contributed by atoms with Gasteiger partial charge in [0.2, 0.25) is 0 Å². The van der Waals surface area contributed by atoms with Crippen LogP contribution in [0, 0.1) is 13.8 Å². The van der Waals surface area contributed by atoms with Gasteiger partial charge in [-0.05, 0) is 19.9 Å². The Hall–Kier alpha value is -1.58. The highest BCUT2D eigenvalue weighted by molar-refractivity contribution is 5.85. The van der Waals surface area contributed by atoms with Gasteiger partial charge in [0.1, 0.15) is 0 Å². The van der Waals surface area contributed by atoms with E-state index in [1.54, 1.807) is 0 Å². The monoisotopic (exact) mass is 166 g/mol. The van der Waals surface area contributed by atoms with Crippen LogP contribution in [0.2, 0.25) is 0 Å². The number of carboxylic acids is 1. The molecule has 0 saturated carbocycles. The van der Waals surface area contributed by atoms with Crippen LogP contribution in [0.4, 0.5) is 0 Å². The number of aromatic nitrogens is 2. The Kier molecular flexibility index (Phi) is 2.28. The van der Waals surface area contributed by atoms with Crippen LogP contribution in [0.5, 0.6) is 0 Å². The third-order valence-electron chi connectivity index (χ3n) is 1.58. The molecular formula is C8H10N2O2. The summed E-state index contributed by atoms with van der Waals surface area (Å²) in [5, 5.41) is 15.1. The molecule has 0 aliphatic rings. The van der Waals surface area contributed by atoms with Crippen LogP contribution in [0.15, 0.2) is 6.08 Å². The maximum absolute atomic E-state index is 10.2. The fourth-order valence-electron chi connectivity index (χ4n) is 0.960. The molecule has 0 spiro atoms. The van der Waals surface area contributed by atoms with Crippen molar-refractivity contribution in [3.05, 3.63) is 23.0 Å². The van der Waals surface area contributed by atoms with Crippen molar-refractivity contribution in [3.8, 4) is 0 Å². The third kappa shape index (κ3) is 1.72. The quantitative estimate of drug-likeness (QED) is 0.647. The van der Waals surface area contributed by atoms with Gasteiger partial charge in [-0.2, -0.15) is 5.10 Å². The van der Waals surface area contributed by atoms with E-state index in [4.69, 9.17) is 5.11 Å². The van der Waals surface area contributed by atoms with Gasteiger partial charge in [0.05, 0.1) is 5.69 Å². The maximum Gasteiger partial charge on any atom is 0.328 e. The van der Waals surface area contributed by atoms with E-state index >= 15 is 0 Å². The van der Waals surface area contributed by atoms with E-state index in [0.29, 0.717) is 0 Å². The SMILES string of the molecule is Cc1n[nH]c(C)c1C=CC(=O)O. The van der Waals surface area contributed by atoms with Crippen molar-refractivity contribution in [2.45, 2.75) is 13.8 Å². The van der Waals surface area contributed by atoms with Crippen LogP contribution in [0.1, 0.15) is 17.0 Å². The molecule has 1 rings (SSSR count). The van der Waals surface area contributed by atoms with Gasteiger partial charge >= 0.3 is 5.97 Å². The standard InChI is InChI=1S/C8H10N2O2/c1-5-7(3-4-8(11)12)6(2)10-9-5/h3-4H,1-2H3,(H,9,10)(H,11,12). The molecule has 4 nitrogen and oxygen atoms in total. The van der Waals surface area contributed by atoms with Crippen molar-refractivity contribution >= 4 is 12.0 Å². The van der Waals surface area contributed by atoms with Gasteiger partial charge in [0.25, 0.3) is 0 Å². The highest BCUT2D eigenvalue weighted by atomic mass is 16.4. The Labute approximate surface area is 69.9 Å². The second-order valence-electron chi connectivity index (χ2n) is 2.52. The topological polar surface area (TPSA) is 66.0 Å². The molecule has 0 fully saturated rings. The van der Waals surface area contributed by atoms with E-state index in [1.807, 2.05) is 13.8 Å². The summed E-state index contributed by atoms with van der Waals surface area (Å²) in [6, 6.07) is 0. The lowest BCUT2D eigenvalue weighted by molar-refractivity contribution is -0.131. The lowest BCUT2D eigenvalue weighted by atomic mass is 10.2. The summed E-state index contributed by atoms with van der Waals surface area (Å²) in [5.74, 6) is -0.949. The summed E-state index contributed by atoms with van der Waals surface area (Å²) in [4.78, 5) is 10.2. The number of nitrogens with zero attached hydrogens (tertiary/aromatic N) is 1. The van der Waals surface area contributed by atoms with Crippen molar-refractivity contribution < 1.29 is 9.90 Å². The number of aryl methyl sites for hydroxylation is 2. The summed E-state index contributed by atoms with van der Waals surface area (Å²) in [5.41, 5.74) is 2.53. The first kappa shape index (κ1) is 8.52. The first-order valence-corrected chi connectivity index (χ1v) is 3.54. The Balaban J connectivity index is 2.95. The van der Waals surface area contributed by atoms with Crippen molar-refractivity contribution in [3.63, 3.8) is 0 Å². The van der Waals surface area contributed by atoms with Gasteiger partial charge in [0, 0.05) is 17.3 Å². The van der Waals surface area contributed by atoms with Gasteiger partial charge in [-0.15, -0.1) is 0 Å². The van der Waals surface area contributed by atoms with Crippen LogP contribution >= 0.6 is 0 Å². The zero-order valence-corrected chi connectivity index (χ0v) is 6.96. The molecular weight excluding hydrogens is 156 g/mol. The number of carboxylic acid groups (broad SMARTS) is 1. The molecule has 64 valence electrons. The van der Waals surface area contributed by atoms with Gasteiger partial charge in [0.15, 0.2) is 0 Å². The fourth-order valence-corrected chi connectivity index (χ4v) is 0.960. The van der Waals surface area contributed by atoms with E-state index in [-0.39, 0.29) is 0 Å². The van der Waals surface area contributed by atoms with Crippen LogP contribution in [-0.2, 0) is 4.79 Å². The predicted molar refractivity (Wildman–Crippen MR) is 44.7 cm³/mol. The maximum atomic E-state index is 10.2. The number of carbonyl (C=O) groups is 1. The highest BCUT2D eigenvalue weighted by Gasteiger charge is 2.01. The minimum absolute atomic E-state index is 0.810. The lowest BCUT2D eigenvalue weighted by Crippen LogP contribution is -1.86. The minimum Gasteiger partial charge on any atom is -0.478 e. The van der Waals surface area contributed by atoms with E-state index in [2.05, 4.69) is 10.2 Å². The van der Waals surface area contributed by atoms with Gasteiger partial charge in [-0.3, -0.25) is 5.10 Å². The minimum atomic E-state index is -0.949. The average Bonchev–Trinajstić information content (AvgIpc) is 2.28. The zero-order valence-electron chi connectivity index (χ0n) is 6.96. The molecule has 0 aliphatic carbocycles. The summed E-state index contributed by atoms with van der Waals surface area (Å²) >= 11 is 0. The van der Waals surface area contributed by atoms with Gasteiger partial charge in [-0.25, -0.2) is 4.79 Å². The summed E-state index contributed by atoms with van der Waals surface area (Å²) in [6.07, 6.45) is 2.64. The largest absolute Gasteiger partial charge is 0.478 e. The van der Waals surface area contributed by atoms with Gasteiger partial charge in [-0.1, -0.05) is 0 Å². The third-order valence-corrected chi connectivity index (χ3v) is 1.58. The molecule has 2 N–H and O–H groups in total. The van der Waals surface area contributed by atoms with Gasteiger partial charge < -0.3 is 5.11 Å². The van der Waals surface area contributed by atoms with Crippen LogP contribution in [0.3, 0.4) is 0 Å². The Bertz CT molecular complexity index is 306. The first-order chi connectivity index (χ1) is 5.61. The van der Waals surface area contributed by atoms with Crippen molar-refractivity contribution in [1.82, 2.24) is 10.2 Å². The Morgan fingerprint density at radius 3 is 2.67 bits per heavy atom. The number of aliphatic carboxylic acids is 1. The number of hydrogen-bond donors (Lipinski definition) is 2. The number of aromatic amines is 1. The zero-order chi connectivity index (χ0) is 9.14. The second-order valence-corrected chi connectivity index (χ2v) is 2.52. The Morgan fingerprint density at radius 1 is 1.58 bits per heavy atom. The molecule has 0 aromatic carbocycles. The van der Waals surface area contributed by atoms with Crippen LogP contribution in [0.25, 0.3) is 6.08 Å². The normalized spacial score (nSPS) is 10.8. The first-order valence-electron chi connectivity index (χ1n) is 3.54. The van der Waals surface area contributed by atoms with E-state index in [1.165, 1.54) is 6.08 Å². The predicted octanol–water partition coefficient (Wildman–Crippen LogP) is 1.12. The fraction of sp³-hybridized carbons (Fsp3) is 0.250. The van der Waals surface area contributed by atoms with E-state index in [9.17, 15) is 4.79 Å². The van der Waals surface area contributed by atoms with Crippen LogP contribution in [-0.4, -0.2) is 21.3 Å². The molecule has 0 radical (unpaired) electrons. The molecule has 0 unspecified atom stereocenters. The van der Waals surface area contributed by atoms with E-state index in [0.717, 1.165) is 23.0 Å². The van der Waals surface area contributed by atoms with Crippen molar-refractivity contribution in [2.75, 3.05) is 0 Å². The molecule has 0 aliphatic heterocycles. The lowest BCUT2D eigenvalue weighted by Gasteiger charge is -1.88. The molecule has 12 heavy (non-hydrogen) atoms. The second kappa shape index (κ2) is 3.21. The summed E-state index contributed by atoms with van der Waals surface area (Å²) in [7, 11) is 0. The number of H-pyrrole nitrogens is 1.